The van der Waals surface area contributed by atoms with E-state index in [1.807, 2.05) is 0 Å². The lowest BCUT2D eigenvalue weighted by atomic mass is 10.0. The van der Waals surface area contributed by atoms with Gasteiger partial charge in [0.25, 0.3) is 0 Å². The molecule has 0 aliphatic heterocycles. The molecule has 0 aliphatic rings. The van der Waals surface area contributed by atoms with Crippen molar-refractivity contribution < 1.29 is 80.2 Å². The normalized spacial score (nSPS) is 14.0. The lowest BCUT2D eigenvalue weighted by Crippen LogP contribution is -2.30. The molecule has 3 N–H and O–H groups in total. The molecular weight excluding hydrogens is 1320 g/mol. The number of phosphoric acid groups is 2. The molecule has 596 valence electrons. The van der Waals surface area contributed by atoms with Crippen molar-refractivity contribution in [3.63, 3.8) is 0 Å². The first-order valence-electron chi connectivity index (χ1n) is 42.0. The fourth-order valence-corrected chi connectivity index (χ4v) is 13.8. The molecule has 0 radical (unpaired) electrons. The molecule has 101 heavy (non-hydrogen) atoms. The third-order valence-electron chi connectivity index (χ3n) is 18.7. The first-order valence-corrected chi connectivity index (χ1v) is 44.9. The number of phosphoric ester groups is 2. The number of hydrogen-bond donors (Lipinski definition) is 3. The van der Waals surface area contributed by atoms with Crippen molar-refractivity contribution in [3.05, 3.63) is 24.3 Å². The summed E-state index contributed by atoms with van der Waals surface area (Å²) >= 11 is 0. The average molecular weight is 1480 g/mol. The van der Waals surface area contributed by atoms with Crippen LogP contribution in [-0.4, -0.2) is 96.7 Å². The number of unbranched alkanes of at least 4 members (excludes halogenated alkanes) is 49. The predicted octanol–water partition coefficient (Wildman–Crippen LogP) is 24.4. The van der Waals surface area contributed by atoms with E-state index in [0.29, 0.717) is 25.7 Å². The summed E-state index contributed by atoms with van der Waals surface area (Å²) in [6, 6.07) is 0. The summed E-state index contributed by atoms with van der Waals surface area (Å²) in [4.78, 5) is 73.1. The van der Waals surface area contributed by atoms with Gasteiger partial charge in [0.2, 0.25) is 0 Å². The molecule has 0 aromatic carbocycles. The Morgan fingerprint density at radius 1 is 0.307 bits per heavy atom. The summed E-state index contributed by atoms with van der Waals surface area (Å²) in [7, 11) is -9.93. The summed E-state index contributed by atoms with van der Waals surface area (Å²) in [5.41, 5.74) is 0. The molecule has 0 bridgehead atoms. The number of hydrogen-bond acceptors (Lipinski definition) is 15. The summed E-state index contributed by atoms with van der Waals surface area (Å²) < 4.78 is 68.7. The maximum atomic E-state index is 13.1. The van der Waals surface area contributed by atoms with Gasteiger partial charge in [-0.25, -0.2) is 9.13 Å². The zero-order valence-electron chi connectivity index (χ0n) is 65.5. The van der Waals surface area contributed by atoms with E-state index in [1.54, 1.807) is 0 Å². The monoisotopic (exact) mass is 1480 g/mol. The second kappa shape index (κ2) is 74.4. The van der Waals surface area contributed by atoms with Gasteiger partial charge in [0.15, 0.2) is 12.2 Å². The van der Waals surface area contributed by atoms with Crippen LogP contribution in [-0.2, 0) is 65.4 Å². The molecule has 0 aromatic rings. The van der Waals surface area contributed by atoms with E-state index in [9.17, 15) is 43.2 Å². The van der Waals surface area contributed by atoms with Crippen molar-refractivity contribution in [1.29, 1.82) is 0 Å². The van der Waals surface area contributed by atoms with Gasteiger partial charge in [-0.2, -0.15) is 0 Å². The Balaban J connectivity index is 5.29. The predicted molar refractivity (Wildman–Crippen MR) is 414 cm³/mol. The maximum absolute atomic E-state index is 13.1. The fraction of sp³-hybridized carbons (Fsp3) is 0.902. The molecule has 2 unspecified atom stereocenters. The Labute approximate surface area is 618 Å². The Bertz CT molecular complexity index is 2020. The van der Waals surface area contributed by atoms with Gasteiger partial charge in [-0.15, -0.1) is 0 Å². The van der Waals surface area contributed by atoms with E-state index in [0.717, 1.165) is 115 Å². The highest BCUT2D eigenvalue weighted by Crippen LogP contribution is 2.45. The molecule has 0 heterocycles. The van der Waals surface area contributed by atoms with Crippen molar-refractivity contribution >= 4 is 39.5 Å². The van der Waals surface area contributed by atoms with Gasteiger partial charge < -0.3 is 33.8 Å². The van der Waals surface area contributed by atoms with Crippen LogP contribution in [0.4, 0.5) is 0 Å². The molecule has 5 atom stereocenters. The molecule has 0 rings (SSSR count). The van der Waals surface area contributed by atoms with Gasteiger partial charge in [-0.05, 0) is 57.3 Å². The van der Waals surface area contributed by atoms with Gasteiger partial charge in [0, 0.05) is 25.7 Å². The number of aliphatic hydroxyl groups excluding tert-OH is 1. The minimum absolute atomic E-state index is 0.102. The van der Waals surface area contributed by atoms with E-state index in [4.69, 9.17) is 37.0 Å². The third-order valence-corrected chi connectivity index (χ3v) is 20.6. The summed E-state index contributed by atoms with van der Waals surface area (Å²) in [6.07, 6.45) is 68.7. The van der Waals surface area contributed by atoms with Gasteiger partial charge in [-0.1, -0.05) is 361 Å². The zero-order chi connectivity index (χ0) is 74.1. The first kappa shape index (κ1) is 98.5. The number of aliphatic hydroxyl groups is 1. The third kappa shape index (κ3) is 75.6. The number of esters is 4. The first-order chi connectivity index (χ1) is 49.0. The minimum Gasteiger partial charge on any atom is -0.462 e. The molecule has 19 heteroatoms. The lowest BCUT2D eigenvalue weighted by Gasteiger charge is -2.21. The van der Waals surface area contributed by atoms with E-state index < -0.39 is 97.5 Å². The Kier molecular flexibility index (Phi) is 72.6. The van der Waals surface area contributed by atoms with E-state index in [-0.39, 0.29) is 25.7 Å². The van der Waals surface area contributed by atoms with E-state index in [1.165, 1.54) is 218 Å². The molecule has 0 aromatic heterocycles. The number of rotatable bonds is 80. The van der Waals surface area contributed by atoms with Crippen LogP contribution in [0.5, 0.6) is 0 Å². The highest BCUT2D eigenvalue weighted by molar-refractivity contribution is 7.47. The van der Waals surface area contributed by atoms with Crippen molar-refractivity contribution in [3.8, 4) is 0 Å². The van der Waals surface area contributed by atoms with E-state index in [2.05, 4.69) is 58.9 Å². The number of carbonyl (C=O) groups excluding carboxylic acids is 4. The number of ether oxygens (including phenoxy) is 4. The highest BCUT2D eigenvalue weighted by Gasteiger charge is 2.30. The fourth-order valence-electron chi connectivity index (χ4n) is 12.2. The number of carbonyl (C=O) groups is 4. The van der Waals surface area contributed by atoms with Gasteiger partial charge >= 0.3 is 39.5 Å². The standard InChI is InChI=1S/C82H156O17P2/c1-6-9-12-15-18-21-24-27-30-31-32-33-36-39-42-47-53-58-63-68-82(87)98-77(71-92-79(84)65-60-55-50-45-40-37-34-28-25-22-19-16-13-10-7-2)73-96-100(88,89)94-69-76(83)70-95-101(90,91)97-74-78(72-93-80(85)66-61-56-51-48-43-44-49-54-59-64-75(4)5)99-81(86)67-62-57-52-46-41-38-35-29-26-23-20-17-14-11-8-3/h22,25,28,34,75-78,83H,6-21,23-24,26-27,29-33,35-74H2,1-5H3,(H,88,89)(H,90,91)/b25-22-,34-28-/t76-,77-,78-/m1/s1. The summed E-state index contributed by atoms with van der Waals surface area (Å²) in [5.74, 6) is -1.39. The summed E-state index contributed by atoms with van der Waals surface area (Å²) in [5, 5.41) is 10.6. The van der Waals surface area contributed by atoms with Crippen LogP contribution in [0.2, 0.25) is 0 Å². The molecule has 0 fully saturated rings. The Morgan fingerprint density at radius 3 is 0.812 bits per heavy atom. The Hall–Kier alpha value is -2.46. The van der Waals surface area contributed by atoms with Crippen LogP contribution >= 0.6 is 15.6 Å². The summed E-state index contributed by atoms with van der Waals surface area (Å²) in [6.45, 7) is 7.26. The second-order valence-corrected chi connectivity index (χ2v) is 32.2. The molecule has 0 aliphatic carbocycles. The van der Waals surface area contributed by atoms with Crippen LogP contribution < -0.4 is 0 Å². The molecule has 0 saturated heterocycles. The Morgan fingerprint density at radius 2 is 0.535 bits per heavy atom. The van der Waals surface area contributed by atoms with Crippen LogP contribution in [0.3, 0.4) is 0 Å². The largest absolute Gasteiger partial charge is 0.472 e. The van der Waals surface area contributed by atoms with Crippen molar-refractivity contribution in [2.45, 2.75) is 432 Å². The van der Waals surface area contributed by atoms with Crippen molar-refractivity contribution in [2.24, 2.45) is 5.92 Å². The van der Waals surface area contributed by atoms with Gasteiger partial charge in [0.05, 0.1) is 26.4 Å². The van der Waals surface area contributed by atoms with Crippen molar-refractivity contribution in [2.75, 3.05) is 39.6 Å². The molecule has 0 spiro atoms. The zero-order valence-corrected chi connectivity index (χ0v) is 67.3. The maximum Gasteiger partial charge on any atom is 0.472 e. The average Bonchev–Trinajstić information content (AvgIpc) is 1.08. The molecule has 0 amide bonds. The van der Waals surface area contributed by atoms with Gasteiger partial charge in [-0.3, -0.25) is 37.3 Å². The quantitative estimate of drug-likeness (QED) is 0.0169. The SMILES string of the molecule is CCCCCC/C=C\C=C/CCCCCCCC(=O)OC[C@H](COP(=O)(O)OC[C@@H](O)COP(=O)(O)OC[C@@H](COC(=O)CCCCCCCCCCCC(C)C)OC(=O)CCCCCCCCCCCCCCCCC)OC(=O)CCCCCCCCCCCCCCCCCCCCC. The smallest absolute Gasteiger partial charge is 0.462 e. The number of allylic oxidation sites excluding steroid dienone is 4. The second-order valence-electron chi connectivity index (χ2n) is 29.3. The molecule has 0 saturated carbocycles. The molecule has 17 nitrogen and oxygen atoms in total. The molecular formula is C82H156O17P2. The van der Waals surface area contributed by atoms with Crippen LogP contribution in [0.25, 0.3) is 0 Å². The van der Waals surface area contributed by atoms with Crippen LogP contribution in [0, 0.1) is 5.92 Å². The minimum atomic E-state index is -4.97. The lowest BCUT2D eigenvalue weighted by molar-refractivity contribution is -0.161. The highest BCUT2D eigenvalue weighted by atomic mass is 31.2. The van der Waals surface area contributed by atoms with Crippen LogP contribution in [0.1, 0.15) is 413 Å². The van der Waals surface area contributed by atoms with Crippen LogP contribution in [0.15, 0.2) is 24.3 Å². The van der Waals surface area contributed by atoms with E-state index >= 15 is 0 Å². The van der Waals surface area contributed by atoms with Crippen molar-refractivity contribution in [1.82, 2.24) is 0 Å². The topological polar surface area (TPSA) is 237 Å². The van der Waals surface area contributed by atoms with Gasteiger partial charge in [0.1, 0.15) is 19.3 Å².